The van der Waals surface area contributed by atoms with Gasteiger partial charge >= 0.3 is 0 Å². The zero-order valence-corrected chi connectivity index (χ0v) is 15.7. The molecule has 0 radical (unpaired) electrons. The first-order valence-corrected chi connectivity index (χ1v) is 10.1. The van der Waals surface area contributed by atoms with Gasteiger partial charge in [0.2, 0.25) is 0 Å². The summed E-state index contributed by atoms with van der Waals surface area (Å²) < 4.78 is 35.3. The minimum Gasteiger partial charge on any atom is -0.379 e. The van der Waals surface area contributed by atoms with E-state index < -0.39 is 10.2 Å². The molecule has 2 aliphatic heterocycles. The minimum atomic E-state index is -3.40. The number of morpholine rings is 1. The van der Waals surface area contributed by atoms with Gasteiger partial charge in [-0.3, -0.25) is 9.36 Å². The van der Waals surface area contributed by atoms with Crippen LogP contribution in [-0.4, -0.2) is 66.0 Å². The predicted molar refractivity (Wildman–Crippen MR) is 93.6 cm³/mol. The Morgan fingerprint density at radius 3 is 2.36 bits per heavy atom. The molecule has 0 unspecified atom stereocenters. The number of piperidine rings is 1. The highest BCUT2D eigenvalue weighted by molar-refractivity contribution is 7.86. The Morgan fingerprint density at radius 2 is 1.72 bits per heavy atom. The van der Waals surface area contributed by atoms with Gasteiger partial charge in [0.05, 0.1) is 19.5 Å². The van der Waals surface area contributed by atoms with Crippen molar-refractivity contribution in [3.8, 4) is 0 Å². The molecule has 140 valence electrons. The predicted octanol–water partition coefficient (Wildman–Crippen LogP) is 0.149. The van der Waals surface area contributed by atoms with Crippen molar-refractivity contribution in [1.82, 2.24) is 18.2 Å². The third kappa shape index (κ3) is 3.94. The summed E-state index contributed by atoms with van der Waals surface area (Å²) in [5.41, 5.74) is 1.43. The summed E-state index contributed by atoms with van der Waals surface area (Å²) >= 11 is 0. The molecule has 0 aromatic carbocycles. The molecule has 0 bridgehead atoms. The van der Waals surface area contributed by atoms with E-state index in [0.717, 1.165) is 18.5 Å². The molecule has 0 amide bonds. The van der Waals surface area contributed by atoms with Crippen molar-refractivity contribution in [3.05, 3.63) is 27.9 Å². The molecule has 3 heterocycles. The molecular formula is C16H26N4O4S. The first-order chi connectivity index (χ1) is 11.9. The van der Waals surface area contributed by atoms with Crippen LogP contribution in [0.3, 0.4) is 0 Å². The van der Waals surface area contributed by atoms with Gasteiger partial charge < -0.3 is 4.74 Å². The zero-order valence-electron chi connectivity index (χ0n) is 14.8. The number of nitrogens with zero attached hydrogens (tertiary/aromatic N) is 4. The van der Waals surface area contributed by atoms with Crippen molar-refractivity contribution in [1.29, 1.82) is 0 Å². The number of rotatable bonds is 4. The van der Waals surface area contributed by atoms with E-state index in [1.54, 1.807) is 22.1 Å². The van der Waals surface area contributed by atoms with Gasteiger partial charge in [0.15, 0.2) is 0 Å². The highest BCUT2D eigenvalue weighted by Gasteiger charge is 2.33. The van der Waals surface area contributed by atoms with E-state index in [0.29, 0.717) is 51.5 Å². The Morgan fingerprint density at radius 1 is 1.12 bits per heavy atom. The molecule has 0 saturated carbocycles. The first kappa shape index (κ1) is 18.5. The van der Waals surface area contributed by atoms with Crippen molar-refractivity contribution in [2.24, 2.45) is 5.92 Å². The third-order valence-corrected chi connectivity index (χ3v) is 7.20. The van der Waals surface area contributed by atoms with E-state index >= 15 is 0 Å². The van der Waals surface area contributed by atoms with Gasteiger partial charge in [-0.1, -0.05) is 0 Å². The fraction of sp³-hybridized carbons (Fsp3) is 0.750. The molecule has 8 nitrogen and oxygen atoms in total. The van der Waals surface area contributed by atoms with Crippen LogP contribution in [-0.2, 0) is 21.5 Å². The van der Waals surface area contributed by atoms with Crippen LogP contribution in [0.1, 0.15) is 24.1 Å². The van der Waals surface area contributed by atoms with Crippen LogP contribution in [0.5, 0.6) is 0 Å². The normalized spacial score (nSPS) is 21.5. The molecule has 2 fully saturated rings. The summed E-state index contributed by atoms with van der Waals surface area (Å²) in [6.07, 6.45) is 3.10. The standard InChI is InChI=1S/C16H26N4O4S/c1-13-14(2)17-12-18(16(13)21)11-15-3-5-19(6-4-15)25(22,23)20-7-9-24-10-8-20/h12,15H,3-11H2,1-2H3. The van der Waals surface area contributed by atoms with Gasteiger partial charge in [-0.25, -0.2) is 4.98 Å². The minimum absolute atomic E-state index is 0.00383. The summed E-state index contributed by atoms with van der Waals surface area (Å²) in [7, 11) is -3.40. The lowest BCUT2D eigenvalue weighted by molar-refractivity contribution is 0.0692. The summed E-state index contributed by atoms with van der Waals surface area (Å²) in [6.45, 7) is 6.97. The van der Waals surface area contributed by atoms with E-state index in [2.05, 4.69) is 4.98 Å². The van der Waals surface area contributed by atoms with Gasteiger partial charge in [-0.15, -0.1) is 0 Å². The third-order valence-electron chi connectivity index (χ3n) is 5.17. The van der Waals surface area contributed by atoms with E-state index in [9.17, 15) is 13.2 Å². The summed E-state index contributed by atoms with van der Waals surface area (Å²) in [5, 5.41) is 0. The lowest BCUT2D eigenvalue weighted by atomic mass is 9.98. The van der Waals surface area contributed by atoms with E-state index in [1.807, 2.05) is 6.92 Å². The molecule has 3 rings (SSSR count). The molecule has 2 saturated heterocycles. The Hall–Kier alpha value is -1.29. The SMILES string of the molecule is Cc1ncn(CC2CCN(S(=O)(=O)N3CCOCC3)CC2)c(=O)c1C. The molecule has 0 N–H and O–H groups in total. The maximum absolute atomic E-state index is 12.7. The molecular weight excluding hydrogens is 344 g/mol. The first-order valence-electron chi connectivity index (χ1n) is 8.75. The number of aromatic nitrogens is 2. The molecule has 9 heteroatoms. The quantitative estimate of drug-likeness (QED) is 0.753. The highest BCUT2D eigenvalue weighted by atomic mass is 32.2. The van der Waals surface area contributed by atoms with Crippen molar-refractivity contribution < 1.29 is 13.2 Å². The van der Waals surface area contributed by atoms with Gasteiger partial charge in [0.1, 0.15) is 0 Å². The Kier molecular flexibility index (Phi) is 5.57. The Bertz CT molecular complexity index is 763. The van der Waals surface area contributed by atoms with Crippen LogP contribution < -0.4 is 5.56 Å². The van der Waals surface area contributed by atoms with E-state index in [4.69, 9.17) is 4.74 Å². The number of ether oxygens (including phenoxy) is 1. The molecule has 1 aromatic heterocycles. The van der Waals surface area contributed by atoms with Crippen molar-refractivity contribution in [2.75, 3.05) is 39.4 Å². The second-order valence-corrected chi connectivity index (χ2v) is 8.70. The molecule has 1 aromatic rings. The van der Waals surface area contributed by atoms with Crippen LogP contribution in [0, 0.1) is 19.8 Å². The number of hydrogen-bond donors (Lipinski definition) is 0. The lowest BCUT2D eigenvalue weighted by Gasteiger charge is -2.36. The van der Waals surface area contributed by atoms with Crippen LogP contribution in [0.25, 0.3) is 0 Å². The summed E-state index contributed by atoms with van der Waals surface area (Å²) in [5.74, 6) is 0.290. The molecule has 25 heavy (non-hydrogen) atoms. The van der Waals surface area contributed by atoms with Crippen LogP contribution in [0.4, 0.5) is 0 Å². The summed E-state index contributed by atoms with van der Waals surface area (Å²) in [4.78, 5) is 16.6. The van der Waals surface area contributed by atoms with Gasteiger partial charge in [-0.05, 0) is 32.6 Å². The van der Waals surface area contributed by atoms with Crippen molar-refractivity contribution in [2.45, 2.75) is 33.2 Å². The topological polar surface area (TPSA) is 84.7 Å². The Labute approximate surface area is 148 Å². The molecule has 0 atom stereocenters. The Balaban J connectivity index is 1.60. The fourth-order valence-corrected chi connectivity index (χ4v) is 4.96. The average molecular weight is 370 g/mol. The largest absolute Gasteiger partial charge is 0.379 e. The maximum atomic E-state index is 12.7. The number of hydrogen-bond acceptors (Lipinski definition) is 5. The van der Waals surface area contributed by atoms with Gasteiger partial charge in [0.25, 0.3) is 15.8 Å². The van der Waals surface area contributed by atoms with Gasteiger partial charge in [-0.2, -0.15) is 17.0 Å². The lowest BCUT2D eigenvalue weighted by Crippen LogP contribution is -2.51. The van der Waals surface area contributed by atoms with E-state index in [-0.39, 0.29) is 11.5 Å². The monoisotopic (exact) mass is 370 g/mol. The second-order valence-electron chi connectivity index (χ2n) is 6.77. The molecule has 0 spiro atoms. The number of aryl methyl sites for hydroxylation is 1. The second kappa shape index (κ2) is 7.53. The van der Waals surface area contributed by atoms with Crippen molar-refractivity contribution in [3.63, 3.8) is 0 Å². The smallest absolute Gasteiger partial charge is 0.282 e. The highest BCUT2D eigenvalue weighted by Crippen LogP contribution is 2.23. The molecule has 0 aliphatic carbocycles. The van der Waals surface area contributed by atoms with Crippen LogP contribution in [0.2, 0.25) is 0 Å². The zero-order chi connectivity index (χ0) is 18.0. The van der Waals surface area contributed by atoms with Crippen LogP contribution >= 0.6 is 0 Å². The maximum Gasteiger partial charge on any atom is 0.282 e. The van der Waals surface area contributed by atoms with Gasteiger partial charge in [0, 0.05) is 44.0 Å². The average Bonchev–Trinajstić information content (AvgIpc) is 2.63. The summed E-state index contributed by atoms with van der Waals surface area (Å²) in [6, 6.07) is 0. The van der Waals surface area contributed by atoms with E-state index in [1.165, 1.54) is 4.31 Å². The molecule has 2 aliphatic rings. The fourth-order valence-electron chi connectivity index (χ4n) is 3.35. The van der Waals surface area contributed by atoms with Crippen molar-refractivity contribution >= 4 is 10.2 Å². The van der Waals surface area contributed by atoms with Crippen LogP contribution in [0.15, 0.2) is 11.1 Å².